The van der Waals surface area contributed by atoms with Gasteiger partial charge in [0.1, 0.15) is 23.5 Å². The second-order valence-corrected chi connectivity index (χ2v) is 7.97. The molecule has 0 saturated carbocycles. The number of amides is 1. The highest BCUT2D eigenvalue weighted by Gasteiger charge is 2.24. The molecule has 3 N–H and O–H groups in total. The minimum absolute atomic E-state index is 0.0214. The van der Waals surface area contributed by atoms with Gasteiger partial charge in [0, 0.05) is 18.8 Å². The lowest BCUT2D eigenvalue weighted by Gasteiger charge is -2.30. The zero-order valence-electron chi connectivity index (χ0n) is 15.6. The molecule has 1 amide bonds. The number of rotatable bonds is 3. The first-order chi connectivity index (χ1) is 14.1. The Labute approximate surface area is 168 Å². The third-order valence-electron chi connectivity index (χ3n) is 4.87. The van der Waals surface area contributed by atoms with Crippen molar-refractivity contribution in [2.45, 2.75) is 13.0 Å². The lowest BCUT2D eigenvalue weighted by Crippen LogP contribution is -2.44. The normalized spacial score (nSPS) is 17.1. The molecule has 1 aromatic carbocycles. The van der Waals surface area contributed by atoms with Gasteiger partial charge in [0.25, 0.3) is 5.91 Å². The molecule has 10 heteroatoms. The van der Waals surface area contributed by atoms with Crippen molar-refractivity contribution in [1.29, 1.82) is 0 Å². The maximum absolute atomic E-state index is 12.9. The molecule has 1 aliphatic rings. The van der Waals surface area contributed by atoms with Crippen molar-refractivity contribution in [3.05, 3.63) is 46.0 Å². The van der Waals surface area contributed by atoms with Gasteiger partial charge in [-0.15, -0.1) is 0 Å². The molecular formula is C19H18N6O3S. The number of aromatic amines is 2. The van der Waals surface area contributed by atoms with E-state index in [1.165, 1.54) is 6.33 Å². The number of benzene rings is 1. The van der Waals surface area contributed by atoms with Crippen molar-refractivity contribution in [3.63, 3.8) is 0 Å². The van der Waals surface area contributed by atoms with Crippen LogP contribution in [-0.2, 0) is 4.74 Å². The van der Waals surface area contributed by atoms with Gasteiger partial charge in [-0.25, -0.2) is 9.97 Å². The van der Waals surface area contributed by atoms with E-state index in [0.717, 1.165) is 32.6 Å². The zero-order chi connectivity index (χ0) is 20.0. The number of thiazole rings is 1. The quantitative estimate of drug-likeness (QED) is 0.478. The molecule has 1 aliphatic heterocycles. The molecule has 148 valence electrons. The molecule has 1 saturated heterocycles. The Bertz CT molecular complexity index is 1280. The SMILES string of the molecule is C[C@H]1CN(C(=O)c2cc3c(Nc4ccc5[nH]c(=O)sc5c4)ncnc3[nH]2)CCO1. The van der Waals surface area contributed by atoms with Crippen molar-refractivity contribution in [1.82, 2.24) is 24.8 Å². The third kappa shape index (κ3) is 3.36. The highest BCUT2D eigenvalue weighted by Crippen LogP contribution is 2.27. The summed E-state index contributed by atoms with van der Waals surface area (Å²) in [5, 5.41) is 3.98. The minimum atomic E-state index is -0.0900. The van der Waals surface area contributed by atoms with Crippen LogP contribution < -0.4 is 10.2 Å². The molecule has 4 heterocycles. The molecule has 3 aromatic heterocycles. The van der Waals surface area contributed by atoms with Gasteiger partial charge in [-0.1, -0.05) is 11.3 Å². The molecule has 5 rings (SSSR count). The predicted molar refractivity (Wildman–Crippen MR) is 111 cm³/mol. The lowest BCUT2D eigenvalue weighted by atomic mass is 10.2. The molecule has 4 aromatic rings. The monoisotopic (exact) mass is 410 g/mol. The molecule has 0 unspecified atom stereocenters. The molecule has 1 fully saturated rings. The van der Waals surface area contributed by atoms with Crippen molar-refractivity contribution < 1.29 is 9.53 Å². The number of hydrogen-bond donors (Lipinski definition) is 3. The van der Waals surface area contributed by atoms with Crippen LogP contribution in [0, 0.1) is 0 Å². The van der Waals surface area contributed by atoms with Crippen LogP contribution in [0.15, 0.2) is 35.4 Å². The fraction of sp³-hybridized carbons (Fsp3) is 0.263. The Hall–Kier alpha value is -3.24. The van der Waals surface area contributed by atoms with E-state index in [0.29, 0.717) is 36.9 Å². The second-order valence-electron chi connectivity index (χ2n) is 6.95. The lowest BCUT2D eigenvalue weighted by molar-refractivity contribution is -0.0126. The van der Waals surface area contributed by atoms with Gasteiger partial charge in [0.15, 0.2) is 0 Å². The van der Waals surface area contributed by atoms with E-state index in [9.17, 15) is 9.59 Å². The van der Waals surface area contributed by atoms with Crippen LogP contribution in [0.2, 0.25) is 0 Å². The van der Waals surface area contributed by atoms with E-state index in [4.69, 9.17) is 4.74 Å². The zero-order valence-corrected chi connectivity index (χ0v) is 16.4. The van der Waals surface area contributed by atoms with Gasteiger partial charge in [-0.05, 0) is 31.2 Å². The van der Waals surface area contributed by atoms with Gasteiger partial charge in [-0.3, -0.25) is 9.59 Å². The number of nitrogens with zero attached hydrogens (tertiary/aromatic N) is 3. The van der Waals surface area contributed by atoms with Crippen molar-refractivity contribution in [3.8, 4) is 0 Å². The fourth-order valence-corrected chi connectivity index (χ4v) is 4.26. The van der Waals surface area contributed by atoms with E-state index in [1.807, 2.05) is 25.1 Å². The third-order valence-corrected chi connectivity index (χ3v) is 5.71. The maximum atomic E-state index is 12.9. The Balaban J connectivity index is 1.46. The average Bonchev–Trinajstić information content (AvgIpc) is 3.30. The largest absolute Gasteiger partial charge is 0.375 e. The average molecular weight is 410 g/mol. The number of carbonyl (C=O) groups is 1. The number of morpholine rings is 1. The summed E-state index contributed by atoms with van der Waals surface area (Å²) in [5.74, 6) is 0.505. The van der Waals surface area contributed by atoms with Gasteiger partial charge in [-0.2, -0.15) is 0 Å². The van der Waals surface area contributed by atoms with E-state index in [1.54, 1.807) is 11.0 Å². The van der Waals surface area contributed by atoms with Crippen LogP contribution in [-0.4, -0.2) is 56.5 Å². The first kappa shape index (κ1) is 17.8. The summed E-state index contributed by atoms with van der Waals surface area (Å²) in [6.07, 6.45) is 1.47. The van der Waals surface area contributed by atoms with Crippen LogP contribution in [0.5, 0.6) is 0 Å². The molecule has 0 aliphatic carbocycles. The number of fused-ring (bicyclic) bond motifs is 2. The second kappa shape index (κ2) is 6.98. The predicted octanol–water partition coefficient (Wildman–Crippen LogP) is 2.47. The van der Waals surface area contributed by atoms with Crippen molar-refractivity contribution in [2.24, 2.45) is 0 Å². The van der Waals surface area contributed by atoms with Crippen LogP contribution >= 0.6 is 11.3 Å². The summed E-state index contributed by atoms with van der Waals surface area (Å²) in [7, 11) is 0. The first-order valence-corrected chi connectivity index (χ1v) is 10.0. The number of aromatic nitrogens is 4. The first-order valence-electron chi connectivity index (χ1n) is 9.21. The summed E-state index contributed by atoms with van der Waals surface area (Å²) in [5.41, 5.74) is 2.65. The highest BCUT2D eigenvalue weighted by molar-refractivity contribution is 7.16. The Morgan fingerprint density at radius 2 is 2.21 bits per heavy atom. The van der Waals surface area contributed by atoms with Gasteiger partial charge in [0.2, 0.25) is 0 Å². The number of H-pyrrole nitrogens is 2. The molecule has 1 atom stereocenters. The molecular weight excluding hydrogens is 392 g/mol. The Morgan fingerprint density at radius 1 is 1.31 bits per heavy atom. The smallest absolute Gasteiger partial charge is 0.305 e. The summed E-state index contributed by atoms with van der Waals surface area (Å²) >= 11 is 1.15. The van der Waals surface area contributed by atoms with Crippen LogP contribution in [0.3, 0.4) is 0 Å². The molecule has 0 radical (unpaired) electrons. The number of anilines is 2. The molecule has 9 nitrogen and oxygen atoms in total. The van der Waals surface area contributed by atoms with E-state index >= 15 is 0 Å². The Morgan fingerprint density at radius 3 is 3.07 bits per heavy atom. The standard InChI is InChI=1S/C19H18N6O3S/c1-10-8-25(4-5-28-10)18(26)14-7-12-16(20-9-21-17(12)23-14)22-11-2-3-13-15(6-11)29-19(27)24-13/h2-3,6-7,9-10H,4-5,8H2,1H3,(H,24,27)(H2,20,21,22,23)/t10-/m0/s1. The van der Waals surface area contributed by atoms with Gasteiger partial charge < -0.3 is 24.9 Å². The summed E-state index contributed by atoms with van der Waals surface area (Å²) in [6, 6.07) is 7.37. The van der Waals surface area contributed by atoms with Crippen molar-refractivity contribution in [2.75, 3.05) is 25.0 Å². The summed E-state index contributed by atoms with van der Waals surface area (Å²) < 4.78 is 6.37. The van der Waals surface area contributed by atoms with Gasteiger partial charge >= 0.3 is 4.87 Å². The van der Waals surface area contributed by atoms with E-state index < -0.39 is 0 Å². The molecule has 0 bridgehead atoms. The minimum Gasteiger partial charge on any atom is -0.375 e. The Kier molecular flexibility index (Phi) is 4.29. The fourth-order valence-electron chi connectivity index (χ4n) is 3.49. The number of carbonyl (C=O) groups excluding carboxylic acids is 1. The summed E-state index contributed by atoms with van der Waals surface area (Å²) in [6.45, 7) is 3.61. The van der Waals surface area contributed by atoms with E-state index in [-0.39, 0.29) is 16.9 Å². The highest BCUT2D eigenvalue weighted by atomic mass is 32.1. The van der Waals surface area contributed by atoms with Gasteiger partial charge in [0.05, 0.1) is 28.3 Å². The van der Waals surface area contributed by atoms with Crippen LogP contribution in [0.4, 0.5) is 11.5 Å². The van der Waals surface area contributed by atoms with Crippen molar-refractivity contribution >= 4 is 50.0 Å². The number of hydrogen-bond acceptors (Lipinski definition) is 7. The van der Waals surface area contributed by atoms with Crippen LogP contribution in [0.25, 0.3) is 21.3 Å². The number of ether oxygens (including phenoxy) is 1. The summed E-state index contributed by atoms with van der Waals surface area (Å²) in [4.78, 5) is 40.6. The topological polar surface area (TPSA) is 116 Å². The van der Waals surface area contributed by atoms with E-state index in [2.05, 4.69) is 25.3 Å². The number of nitrogens with one attached hydrogen (secondary N) is 3. The maximum Gasteiger partial charge on any atom is 0.305 e. The molecule has 29 heavy (non-hydrogen) atoms. The van der Waals surface area contributed by atoms with Crippen LogP contribution in [0.1, 0.15) is 17.4 Å². The molecule has 0 spiro atoms.